The Morgan fingerprint density at radius 2 is 1.68 bits per heavy atom. The average molecular weight is 280 g/mol. The van der Waals surface area contributed by atoms with Gasteiger partial charge in [0.1, 0.15) is 0 Å². The van der Waals surface area contributed by atoms with E-state index in [4.69, 9.17) is 5.73 Å². The minimum absolute atomic E-state index is 0.00614. The van der Waals surface area contributed by atoms with Gasteiger partial charge in [-0.3, -0.25) is 4.79 Å². The Bertz CT molecular complexity index is 274. The molecule has 0 aromatic carbocycles. The summed E-state index contributed by atoms with van der Waals surface area (Å²) in [5.41, 5.74) is 5.37. The number of hydrogen-bond donors (Lipinski definition) is 1. The van der Waals surface area contributed by atoms with E-state index in [0.29, 0.717) is 13.0 Å². The van der Waals surface area contributed by atoms with Crippen LogP contribution in [0, 0.1) is 5.92 Å². The lowest BCUT2D eigenvalue weighted by Gasteiger charge is -2.33. The van der Waals surface area contributed by atoms with Crippen molar-refractivity contribution in [2.24, 2.45) is 11.7 Å². The number of alkyl halides is 3. The van der Waals surface area contributed by atoms with Gasteiger partial charge in [0, 0.05) is 19.5 Å². The van der Waals surface area contributed by atoms with Gasteiger partial charge in [0.15, 0.2) is 0 Å². The molecule has 1 heterocycles. The van der Waals surface area contributed by atoms with Gasteiger partial charge in [-0.05, 0) is 32.2 Å². The summed E-state index contributed by atoms with van der Waals surface area (Å²) in [6, 6.07) is 0. The molecule has 112 valence electrons. The van der Waals surface area contributed by atoms with Crippen LogP contribution in [0.2, 0.25) is 0 Å². The first-order valence-electron chi connectivity index (χ1n) is 6.99. The number of likely N-dealkylation sites (tertiary alicyclic amines) is 1. The Kier molecular flexibility index (Phi) is 6.62. The Balaban J connectivity index is 2.18. The first kappa shape index (κ1) is 16.3. The molecule has 1 aliphatic heterocycles. The minimum Gasteiger partial charge on any atom is -0.343 e. The predicted molar refractivity (Wildman–Crippen MR) is 67.5 cm³/mol. The maximum Gasteiger partial charge on any atom is 0.391 e. The van der Waals surface area contributed by atoms with Crippen molar-refractivity contribution in [3.8, 4) is 0 Å². The second-order valence-electron chi connectivity index (χ2n) is 5.15. The minimum atomic E-state index is -4.11. The van der Waals surface area contributed by atoms with Gasteiger partial charge >= 0.3 is 6.18 Å². The third-order valence-electron chi connectivity index (χ3n) is 3.66. The fourth-order valence-corrected chi connectivity index (χ4v) is 2.39. The molecule has 1 fully saturated rings. The molecule has 1 amide bonds. The smallest absolute Gasteiger partial charge is 0.343 e. The fourth-order valence-electron chi connectivity index (χ4n) is 2.39. The molecule has 0 aliphatic carbocycles. The number of halogens is 3. The molecule has 0 unspecified atom stereocenters. The third kappa shape index (κ3) is 5.80. The molecule has 6 heteroatoms. The first-order valence-corrected chi connectivity index (χ1v) is 6.99. The van der Waals surface area contributed by atoms with Crippen LogP contribution in [0.1, 0.15) is 44.9 Å². The van der Waals surface area contributed by atoms with Gasteiger partial charge in [-0.1, -0.05) is 12.8 Å². The summed E-state index contributed by atoms with van der Waals surface area (Å²) in [6.07, 6.45) is 0.161. The molecule has 0 aromatic heterocycles. The van der Waals surface area contributed by atoms with E-state index in [2.05, 4.69) is 0 Å². The summed E-state index contributed by atoms with van der Waals surface area (Å²) in [5, 5.41) is 0. The van der Waals surface area contributed by atoms with Gasteiger partial charge in [0.2, 0.25) is 5.91 Å². The maximum atomic E-state index is 12.5. The molecule has 0 saturated carbocycles. The van der Waals surface area contributed by atoms with E-state index >= 15 is 0 Å². The number of unbranched alkanes of at least 4 members (excludes halogenated alkanes) is 3. The summed E-state index contributed by atoms with van der Waals surface area (Å²) in [4.78, 5) is 13.4. The number of nitrogens with zero attached hydrogens (tertiary/aromatic N) is 1. The van der Waals surface area contributed by atoms with Gasteiger partial charge in [-0.2, -0.15) is 13.2 Å². The summed E-state index contributed by atoms with van der Waals surface area (Å²) in [7, 11) is 0. The van der Waals surface area contributed by atoms with Crippen LogP contribution >= 0.6 is 0 Å². The van der Waals surface area contributed by atoms with E-state index in [1.54, 1.807) is 4.90 Å². The molecule has 0 aromatic rings. The van der Waals surface area contributed by atoms with Crippen LogP contribution in [0.25, 0.3) is 0 Å². The molecule has 0 spiro atoms. The lowest BCUT2D eigenvalue weighted by Crippen LogP contribution is -2.42. The topological polar surface area (TPSA) is 46.3 Å². The van der Waals surface area contributed by atoms with Crippen LogP contribution in [-0.2, 0) is 4.79 Å². The van der Waals surface area contributed by atoms with Crippen LogP contribution in [0.5, 0.6) is 0 Å². The average Bonchev–Trinajstić information content (AvgIpc) is 2.37. The Morgan fingerprint density at radius 1 is 1.11 bits per heavy atom. The van der Waals surface area contributed by atoms with Crippen molar-refractivity contribution in [2.45, 2.75) is 51.1 Å². The molecular weight excluding hydrogens is 257 g/mol. The number of hydrogen-bond acceptors (Lipinski definition) is 2. The molecule has 0 bridgehead atoms. The highest BCUT2D eigenvalue weighted by Crippen LogP contribution is 2.34. The molecule has 19 heavy (non-hydrogen) atoms. The number of piperidine rings is 1. The first-order chi connectivity index (χ1) is 8.95. The number of nitrogens with two attached hydrogens (primary N) is 1. The van der Waals surface area contributed by atoms with Crippen LogP contribution in [-0.4, -0.2) is 36.6 Å². The second-order valence-corrected chi connectivity index (χ2v) is 5.15. The van der Waals surface area contributed by atoms with E-state index in [0.717, 1.165) is 25.7 Å². The number of carbonyl (C=O) groups excluding carboxylic acids is 1. The summed E-state index contributed by atoms with van der Waals surface area (Å²) in [6.45, 7) is 1.15. The highest BCUT2D eigenvalue weighted by atomic mass is 19.4. The third-order valence-corrected chi connectivity index (χ3v) is 3.66. The largest absolute Gasteiger partial charge is 0.391 e. The quantitative estimate of drug-likeness (QED) is 0.760. The standard InChI is InChI=1S/C13H23F3N2O/c14-13(15,16)11-6-9-18(10-7-11)12(19)5-3-1-2-4-8-17/h11H,1-10,17H2. The summed E-state index contributed by atoms with van der Waals surface area (Å²) in [5.74, 6) is -1.24. The molecular formula is C13H23F3N2O. The van der Waals surface area contributed by atoms with Gasteiger partial charge in [0.25, 0.3) is 0 Å². The van der Waals surface area contributed by atoms with E-state index in [-0.39, 0.29) is 31.8 Å². The molecule has 2 N–H and O–H groups in total. The lowest BCUT2D eigenvalue weighted by molar-refractivity contribution is -0.186. The van der Waals surface area contributed by atoms with Crippen molar-refractivity contribution in [1.29, 1.82) is 0 Å². The van der Waals surface area contributed by atoms with E-state index in [9.17, 15) is 18.0 Å². The maximum absolute atomic E-state index is 12.5. The highest BCUT2D eigenvalue weighted by molar-refractivity contribution is 5.76. The molecule has 1 aliphatic rings. The lowest BCUT2D eigenvalue weighted by atomic mass is 9.96. The van der Waals surface area contributed by atoms with Crippen LogP contribution < -0.4 is 5.73 Å². The van der Waals surface area contributed by atoms with Gasteiger partial charge in [0.05, 0.1) is 5.92 Å². The van der Waals surface area contributed by atoms with Crippen molar-refractivity contribution in [3.63, 3.8) is 0 Å². The number of rotatable bonds is 6. The molecule has 1 rings (SSSR count). The van der Waals surface area contributed by atoms with Gasteiger partial charge in [-0.15, -0.1) is 0 Å². The van der Waals surface area contributed by atoms with Crippen molar-refractivity contribution in [3.05, 3.63) is 0 Å². The van der Waals surface area contributed by atoms with Gasteiger partial charge < -0.3 is 10.6 Å². The monoisotopic (exact) mass is 280 g/mol. The SMILES string of the molecule is NCCCCCCC(=O)N1CCC(C(F)(F)F)CC1. The van der Waals surface area contributed by atoms with Crippen LogP contribution in [0.4, 0.5) is 13.2 Å². The van der Waals surface area contributed by atoms with Crippen LogP contribution in [0.15, 0.2) is 0 Å². The van der Waals surface area contributed by atoms with Crippen molar-refractivity contribution >= 4 is 5.91 Å². The zero-order valence-corrected chi connectivity index (χ0v) is 11.2. The van der Waals surface area contributed by atoms with E-state index in [1.807, 2.05) is 0 Å². The Hall–Kier alpha value is -0.780. The van der Waals surface area contributed by atoms with E-state index in [1.165, 1.54) is 0 Å². The van der Waals surface area contributed by atoms with Crippen molar-refractivity contribution in [1.82, 2.24) is 4.90 Å². The molecule has 3 nitrogen and oxygen atoms in total. The predicted octanol–water partition coefficient (Wildman–Crippen LogP) is 2.70. The number of amides is 1. The zero-order chi connectivity index (χ0) is 14.3. The summed E-state index contributed by atoms with van der Waals surface area (Å²) < 4.78 is 37.4. The van der Waals surface area contributed by atoms with Crippen molar-refractivity contribution < 1.29 is 18.0 Å². The Morgan fingerprint density at radius 3 is 2.21 bits per heavy atom. The van der Waals surface area contributed by atoms with Gasteiger partial charge in [-0.25, -0.2) is 0 Å². The number of carbonyl (C=O) groups is 1. The van der Waals surface area contributed by atoms with E-state index < -0.39 is 12.1 Å². The Labute approximate surface area is 112 Å². The molecule has 1 saturated heterocycles. The van der Waals surface area contributed by atoms with Crippen LogP contribution in [0.3, 0.4) is 0 Å². The fraction of sp³-hybridized carbons (Fsp3) is 0.923. The normalized spacial score (nSPS) is 17.8. The molecule has 0 atom stereocenters. The van der Waals surface area contributed by atoms with Crippen molar-refractivity contribution in [2.75, 3.05) is 19.6 Å². The summed E-state index contributed by atoms with van der Waals surface area (Å²) >= 11 is 0. The zero-order valence-electron chi connectivity index (χ0n) is 11.2. The molecule has 0 radical (unpaired) electrons. The highest BCUT2D eigenvalue weighted by Gasteiger charge is 2.41. The second kappa shape index (κ2) is 7.72.